The van der Waals surface area contributed by atoms with E-state index in [1.165, 1.54) is 17.6 Å². The van der Waals surface area contributed by atoms with Gasteiger partial charge in [0.15, 0.2) is 6.10 Å². The van der Waals surface area contributed by atoms with Crippen LogP contribution >= 0.6 is 11.8 Å². The Balaban J connectivity index is 1.65. The second-order valence-corrected chi connectivity index (χ2v) is 6.33. The molecule has 0 spiro atoms. The largest absolute Gasteiger partial charge is 0.467 e. The van der Waals surface area contributed by atoms with E-state index in [1.54, 1.807) is 16.7 Å². The van der Waals surface area contributed by atoms with Crippen LogP contribution in [0.25, 0.3) is 0 Å². The lowest BCUT2D eigenvalue weighted by molar-refractivity contribution is -0.162. The van der Waals surface area contributed by atoms with E-state index in [1.807, 2.05) is 18.2 Å². The molecule has 21 heavy (non-hydrogen) atoms. The zero-order valence-electron chi connectivity index (χ0n) is 11.8. The first-order valence-electron chi connectivity index (χ1n) is 6.92. The number of esters is 1. The van der Waals surface area contributed by atoms with Gasteiger partial charge in [-0.25, -0.2) is 4.79 Å². The summed E-state index contributed by atoms with van der Waals surface area (Å²) < 4.78 is 10.0. The number of amides is 1. The highest BCUT2D eigenvalue weighted by Crippen LogP contribution is 2.37. The number of benzene rings is 1. The highest BCUT2D eigenvalue weighted by Gasteiger charge is 2.35. The first-order valence-corrected chi connectivity index (χ1v) is 7.80. The summed E-state index contributed by atoms with van der Waals surface area (Å²) >= 11 is 1.61. The van der Waals surface area contributed by atoms with Crippen LogP contribution in [-0.2, 0) is 25.5 Å². The third kappa shape index (κ3) is 2.91. The number of thioether (sulfide) groups is 1. The van der Waals surface area contributed by atoms with E-state index in [4.69, 9.17) is 4.74 Å². The minimum Gasteiger partial charge on any atom is -0.467 e. The molecule has 0 radical (unpaired) electrons. The maximum atomic E-state index is 12.6. The molecule has 1 aromatic carbocycles. The monoisotopic (exact) mass is 307 g/mol. The fraction of sp³-hybridized carbons (Fsp3) is 0.467. The average Bonchev–Trinajstić information content (AvgIpc) is 2.97. The number of carbonyl (C=O) groups excluding carboxylic acids is 2. The van der Waals surface area contributed by atoms with Gasteiger partial charge in [-0.3, -0.25) is 4.79 Å². The van der Waals surface area contributed by atoms with Crippen LogP contribution in [0.2, 0.25) is 0 Å². The molecule has 2 aliphatic rings. The van der Waals surface area contributed by atoms with Crippen LogP contribution in [0.4, 0.5) is 0 Å². The lowest BCUT2D eigenvalue weighted by Crippen LogP contribution is -2.51. The number of fused-ring (bicyclic) bond motifs is 1. The highest BCUT2D eigenvalue weighted by atomic mass is 32.2. The Labute approximate surface area is 127 Å². The minimum absolute atomic E-state index is 0.0772. The number of hydrogen-bond acceptors (Lipinski definition) is 5. The van der Waals surface area contributed by atoms with Crippen LogP contribution < -0.4 is 0 Å². The molecule has 0 bridgehead atoms. The normalized spacial score (nSPS) is 24.5. The van der Waals surface area contributed by atoms with E-state index in [0.29, 0.717) is 13.2 Å². The summed E-state index contributed by atoms with van der Waals surface area (Å²) in [5.41, 5.74) is 1.22. The average molecular weight is 307 g/mol. The van der Waals surface area contributed by atoms with E-state index in [2.05, 4.69) is 10.8 Å². The number of ether oxygens (including phenoxy) is 2. The lowest BCUT2D eigenvalue weighted by Gasteiger charge is -2.32. The summed E-state index contributed by atoms with van der Waals surface area (Å²) in [6.07, 6.45) is 0.0846. The third-order valence-corrected chi connectivity index (χ3v) is 5.07. The summed E-state index contributed by atoms with van der Waals surface area (Å²) in [5, 5.41) is -0.0983. The second-order valence-electron chi connectivity index (χ2n) is 5.09. The molecule has 2 heterocycles. The summed E-state index contributed by atoms with van der Waals surface area (Å²) in [6, 6.07) is 8.09. The van der Waals surface area contributed by atoms with Crippen molar-refractivity contribution in [1.82, 2.24) is 4.90 Å². The van der Waals surface area contributed by atoms with Gasteiger partial charge in [0.1, 0.15) is 0 Å². The molecule has 1 amide bonds. The molecule has 3 rings (SSSR count). The smallest absolute Gasteiger partial charge is 0.336 e. The van der Waals surface area contributed by atoms with Gasteiger partial charge in [-0.1, -0.05) is 18.2 Å². The molecule has 2 atom stereocenters. The van der Waals surface area contributed by atoms with Crippen molar-refractivity contribution in [2.45, 2.75) is 22.7 Å². The van der Waals surface area contributed by atoms with E-state index >= 15 is 0 Å². The van der Waals surface area contributed by atoms with E-state index in [9.17, 15) is 9.59 Å². The Morgan fingerprint density at radius 2 is 2.19 bits per heavy atom. The van der Waals surface area contributed by atoms with E-state index < -0.39 is 12.1 Å². The van der Waals surface area contributed by atoms with Crippen molar-refractivity contribution >= 4 is 23.6 Å². The van der Waals surface area contributed by atoms with Crippen molar-refractivity contribution in [2.75, 3.05) is 26.8 Å². The Morgan fingerprint density at radius 1 is 1.38 bits per heavy atom. The number of hydrogen-bond donors (Lipinski definition) is 0. The van der Waals surface area contributed by atoms with Crippen LogP contribution in [0, 0.1) is 0 Å². The van der Waals surface area contributed by atoms with Crippen LogP contribution in [0.1, 0.15) is 5.56 Å². The molecule has 112 valence electrons. The fourth-order valence-electron chi connectivity index (χ4n) is 2.65. The van der Waals surface area contributed by atoms with Gasteiger partial charge in [-0.05, 0) is 18.1 Å². The maximum absolute atomic E-state index is 12.6. The van der Waals surface area contributed by atoms with Crippen LogP contribution in [0.3, 0.4) is 0 Å². The number of nitrogens with zero attached hydrogens (tertiary/aromatic N) is 1. The van der Waals surface area contributed by atoms with E-state index in [0.717, 1.165) is 6.42 Å². The van der Waals surface area contributed by atoms with Gasteiger partial charge in [-0.2, -0.15) is 0 Å². The Kier molecular flexibility index (Phi) is 4.17. The molecule has 1 saturated heterocycles. The number of rotatable bonds is 2. The minimum atomic E-state index is -0.665. The Bertz CT molecular complexity index is 537. The van der Waals surface area contributed by atoms with Crippen molar-refractivity contribution in [1.29, 1.82) is 0 Å². The van der Waals surface area contributed by atoms with Gasteiger partial charge < -0.3 is 14.4 Å². The molecular weight excluding hydrogens is 290 g/mol. The zero-order valence-corrected chi connectivity index (χ0v) is 12.6. The van der Waals surface area contributed by atoms with Crippen LogP contribution in [0.5, 0.6) is 0 Å². The first-order chi connectivity index (χ1) is 10.2. The SMILES string of the molecule is COC(=O)C1CN(C(=O)C2Cc3ccccc3S2)CCO1. The van der Waals surface area contributed by atoms with Gasteiger partial charge in [-0.15, -0.1) is 11.8 Å². The summed E-state index contributed by atoms with van der Waals surface area (Å²) in [6.45, 7) is 1.18. The maximum Gasteiger partial charge on any atom is 0.336 e. The molecule has 1 aromatic rings. The zero-order chi connectivity index (χ0) is 14.8. The first kappa shape index (κ1) is 14.4. The summed E-state index contributed by atoms with van der Waals surface area (Å²) in [7, 11) is 1.33. The van der Waals surface area contributed by atoms with Crippen molar-refractivity contribution in [3.63, 3.8) is 0 Å². The van der Waals surface area contributed by atoms with Gasteiger partial charge >= 0.3 is 5.97 Å². The number of carbonyl (C=O) groups is 2. The summed E-state index contributed by atoms with van der Waals surface area (Å²) in [5.74, 6) is -0.344. The van der Waals surface area contributed by atoms with Crippen molar-refractivity contribution in [3.8, 4) is 0 Å². The molecular formula is C15H17NO4S. The molecule has 0 saturated carbocycles. The van der Waals surface area contributed by atoms with Gasteiger partial charge in [0, 0.05) is 11.4 Å². The quantitative estimate of drug-likeness (QED) is 0.766. The fourth-order valence-corrected chi connectivity index (χ4v) is 3.93. The van der Waals surface area contributed by atoms with E-state index in [-0.39, 0.29) is 17.7 Å². The van der Waals surface area contributed by atoms with Gasteiger partial charge in [0.05, 0.1) is 25.5 Å². The summed E-state index contributed by atoms with van der Waals surface area (Å²) in [4.78, 5) is 27.1. The Hall–Kier alpha value is -1.53. The molecule has 0 N–H and O–H groups in total. The molecule has 0 aliphatic carbocycles. The molecule has 2 aliphatic heterocycles. The lowest BCUT2D eigenvalue weighted by atomic mass is 10.1. The molecule has 1 fully saturated rings. The van der Waals surface area contributed by atoms with Crippen molar-refractivity contribution in [2.24, 2.45) is 0 Å². The number of methoxy groups -OCH3 is 1. The standard InChI is InChI=1S/C15H17NO4S/c1-19-15(18)11-9-16(6-7-20-11)14(17)13-8-10-4-2-3-5-12(10)21-13/h2-5,11,13H,6-9H2,1H3. The van der Waals surface area contributed by atoms with Crippen LogP contribution in [0.15, 0.2) is 29.2 Å². The number of morpholine rings is 1. The predicted molar refractivity (Wildman–Crippen MR) is 78.1 cm³/mol. The van der Waals surface area contributed by atoms with Gasteiger partial charge in [0.25, 0.3) is 0 Å². The topological polar surface area (TPSA) is 55.8 Å². The third-order valence-electron chi connectivity index (χ3n) is 3.76. The molecule has 5 nitrogen and oxygen atoms in total. The second kappa shape index (κ2) is 6.07. The van der Waals surface area contributed by atoms with Crippen LogP contribution in [-0.4, -0.2) is 54.9 Å². The van der Waals surface area contributed by atoms with Gasteiger partial charge in [0.2, 0.25) is 5.91 Å². The molecule has 0 aromatic heterocycles. The van der Waals surface area contributed by atoms with Crippen molar-refractivity contribution in [3.05, 3.63) is 29.8 Å². The predicted octanol–water partition coefficient (Wildman–Crippen LogP) is 1.10. The molecule has 6 heteroatoms. The Morgan fingerprint density at radius 3 is 2.95 bits per heavy atom. The molecule has 2 unspecified atom stereocenters. The highest BCUT2D eigenvalue weighted by molar-refractivity contribution is 8.01. The van der Waals surface area contributed by atoms with Crippen molar-refractivity contribution < 1.29 is 19.1 Å².